The number of hydrogen-bond donors (Lipinski definition) is 3. The number of aliphatic hydroxyl groups excluding tert-OH is 1. The number of nitrogens with one attached hydrogen (secondary N) is 1. The largest absolute Gasteiger partial charge is 0.481 e. The third-order valence-electron chi connectivity index (χ3n) is 3.48. The maximum atomic E-state index is 12.3. The van der Waals surface area contributed by atoms with Gasteiger partial charge in [-0.3, -0.25) is 9.48 Å². The van der Waals surface area contributed by atoms with E-state index in [9.17, 15) is 18.3 Å². The van der Waals surface area contributed by atoms with Crippen molar-refractivity contribution in [3.63, 3.8) is 0 Å². The third kappa shape index (κ3) is 4.51. The molecule has 8 nitrogen and oxygen atoms in total. The van der Waals surface area contributed by atoms with E-state index in [4.69, 9.17) is 5.11 Å². The number of aryl methyl sites for hydroxylation is 1. The molecule has 0 spiro atoms. The topological polar surface area (TPSA) is 122 Å². The lowest BCUT2D eigenvalue weighted by molar-refractivity contribution is -0.137. The Morgan fingerprint density at radius 1 is 1.43 bits per heavy atom. The molecule has 0 bridgehead atoms. The maximum Gasteiger partial charge on any atom is 0.305 e. The minimum absolute atomic E-state index is 0.0485. The van der Waals surface area contributed by atoms with Gasteiger partial charge in [0, 0.05) is 6.20 Å². The second kappa shape index (κ2) is 7.01. The van der Waals surface area contributed by atoms with Gasteiger partial charge in [0.2, 0.25) is 10.0 Å². The van der Waals surface area contributed by atoms with Crippen molar-refractivity contribution in [2.75, 3.05) is 6.61 Å². The molecule has 1 rings (SSSR count). The Balaban J connectivity index is 2.90. The summed E-state index contributed by atoms with van der Waals surface area (Å²) in [5.41, 5.74) is -0.901. The summed E-state index contributed by atoms with van der Waals surface area (Å²) in [6.45, 7) is 3.38. The number of carbonyl (C=O) groups is 1. The SMILES string of the molecule is CCC(CC)(CO)NS(=O)(=O)c1cnn(CCC(=O)O)c1. The lowest BCUT2D eigenvalue weighted by Crippen LogP contribution is -2.50. The van der Waals surface area contributed by atoms with Gasteiger partial charge in [-0.2, -0.15) is 5.10 Å². The van der Waals surface area contributed by atoms with Crippen molar-refractivity contribution in [1.82, 2.24) is 14.5 Å². The first kappa shape index (κ1) is 17.6. The number of aromatic nitrogens is 2. The number of sulfonamides is 1. The lowest BCUT2D eigenvalue weighted by atomic mass is 9.96. The Morgan fingerprint density at radius 3 is 2.52 bits per heavy atom. The van der Waals surface area contributed by atoms with Crippen LogP contribution in [0.15, 0.2) is 17.3 Å². The van der Waals surface area contributed by atoms with Crippen LogP contribution in [0.1, 0.15) is 33.1 Å². The molecule has 0 saturated heterocycles. The van der Waals surface area contributed by atoms with E-state index in [1.807, 2.05) is 0 Å². The fraction of sp³-hybridized carbons (Fsp3) is 0.667. The Morgan fingerprint density at radius 2 is 2.05 bits per heavy atom. The first-order chi connectivity index (χ1) is 9.78. The standard InChI is InChI=1S/C12H21N3O5S/c1-3-12(4-2,9-16)14-21(19,20)10-7-13-15(8-10)6-5-11(17)18/h7-8,14,16H,3-6,9H2,1-2H3,(H,17,18). The molecule has 1 aromatic rings. The zero-order valence-corrected chi connectivity index (χ0v) is 12.9. The molecule has 0 radical (unpaired) electrons. The van der Waals surface area contributed by atoms with Crippen LogP contribution in [0.5, 0.6) is 0 Å². The number of nitrogens with zero attached hydrogens (tertiary/aromatic N) is 2. The van der Waals surface area contributed by atoms with Gasteiger partial charge < -0.3 is 10.2 Å². The average Bonchev–Trinajstić information content (AvgIpc) is 2.92. The van der Waals surface area contributed by atoms with Crippen LogP contribution in [0.2, 0.25) is 0 Å². The van der Waals surface area contributed by atoms with Gasteiger partial charge in [-0.1, -0.05) is 13.8 Å². The highest BCUT2D eigenvalue weighted by atomic mass is 32.2. The number of hydrogen-bond acceptors (Lipinski definition) is 5. The summed E-state index contributed by atoms with van der Waals surface area (Å²) in [7, 11) is -3.81. The summed E-state index contributed by atoms with van der Waals surface area (Å²) in [4.78, 5) is 10.4. The van der Waals surface area contributed by atoms with Crippen LogP contribution in [0.3, 0.4) is 0 Å². The smallest absolute Gasteiger partial charge is 0.305 e. The average molecular weight is 319 g/mol. The first-order valence-electron chi connectivity index (χ1n) is 6.67. The first-order valence-corrected chi connectivity index (χ1v) is 8.16. The molecular formula is C12H21N3O5S. The van der Waals surface area contributed by atoms with Gasteiger partial charge in [0.05, 0.1) is 31.3 Å². The molecule has 1 aromatic heterocycles. The number of aliphatic hydroxyl groups is 1. The van der Waals surface area contributed by atoms with Gasteiger partial charge in [-0.15, -0.1) is 0 Å². The minimum Gasteiger partial charge on any atom is -0.481 e. The van der Waals surface area contributed by atoms with Crippen molar-refractivity contribution in [2.24, 2.45) is 0 Å². The number of carboxylic acid groups (broad SMARTS) is 1. The van der Waals surface area contributed by atoms with Crippen LogP contribution < -0.4 is 4.72 Å². The van der Waals surface area contributed by atoms with Crippen molar-refractivity contribution in [1.29, 1.82) is 0 Å². The van der Waals surface area contributed by atoms with Gasteiger partial charge in [-0.25, -0.2) is 13.1 Å². The molecule has 120 valence electrons. The molecule has 3 N–H and O–H groups in total. The molecule has 0 fully saturated rings. The summed E-state index contributed by atoms with van der Waals surface area (Å²) in [6, 6.07) is 0. The molecule has 0 amide bonds. The number of aliphatic carboxylic acids is 1. The fourth-order valence-corrected chi connectivity index (χ4v) is 3.30. The van der Waals surface area contributed by atoms with E-state index in [0.29, 0.717) is 12.8 Å². The Labute approximate surface area is 123 Å². The molecule has 0 aliphatic carbocycles. The second-order valence-electron chi connectivity index (χ2n) is 4.83. The summed E-state index contributed by atoms with van der Waals surface area (Å²) < 4.78 is 28.3. The quantitative estimate of drug-likeness (QED) is 0.597. The Hall–Kier alpha value is -1.45. The highest BCUT2D eigenvalue weighted by molar-refractivity contribution is 7.89. The predicted octanol–water partition coefficient (Wildman–Crippen LogP) is 0.187. The van der Waals surface area contributed by atoms with E-state index in [-0.39, 0.29) is 24.5 Å². The van der Waals surface area contributed by atoms with Gasteiger partial charge in [0.15, 0.2) is 0 Å². The van der Waals surface area contributed by atoms with E-state index in [0.717, 1.165) is 6.20 Å². The normalized spacial score (nSPS) is 12.5. The van der Waals surface area contributed by atoms with E-state index >= 15 is 0 Å². The summed E-state index contributed by atoms with van der Waals surface area (Å²) >= 11 is 0. The van der Waals surface area contributed by atoms with Crippen LogP contribution in [0, 0.1) is 0 Å². The molecule has 0 aliphatic heterocycles. The molecule has 0 atom stereocenters. The van der Waals surface area contributed by atoms with Crippen molar-refractivity contribution in [3.8, 4) is 0 Å². The van der Waals surface area contributed by atoms with Crippen LogP contribution in [0.25, 0.3) is 0 Å². The second-order valence-corrected chi connectivity index (χ2v) is 6.52. The van der Waals surface area contributed by atoms with E-state index in [1.165, 1.54) is 10.9 Å². The van der Waals surface area contributed by atoms with Crippen molar-refractivity contribution >= 4 is 16.0 Å². The predicted molar refractivity (Wildman–Crippen MR) is 75.2 cm³/mol. The van der Waals surface area contributed by atoms with E-state index < -0.39 is 21.5 Å². The molecule has 21 heavy (non-hydrogen) atoms. The van der Waals surface area contributed by atoms with Crippen molar-refractivity contribution in [3.05, 3.63) is 12.4 Å². The number of rotatable bonds is 9. The van der Waals surface area contributed by atoms with Crippen LogP contribution in [-0.2, 0) is 21.4 Å². The summed E-state index contributed by atoms with van der Waals surface area (Å²) in [6.07, 6.45) is 3.20. The monoisotopic (exact) mass is 319 g/mol. The summed E-state index contributed by atoms with van der Waals surface area (Å²) in [5, 5.41) is 21.8. The van der Waals surface area contributed by atoms with E-state index in [2.05, 4.69) is 9.82 Å². The van der Waals surface area contributed by atoms with Gasteiger partial charge in [0.25, 0.3) is 0 Å². The molecule has 1 heterocycles. The maximum absolute atomic E-state index is 12.3. The molecule has 0 saturated carbocycles. The lowest BCUT2D eigenvalue weighted by Gasteiger charge is -2.29. The highest BCUT2D eigenvalue weighted by Crippen LogP contribution is 2.19. The zero-order valence-electron chi connectivity index (χ0n) is 12.1. The number of carboxylic acids is 1. The van der Waals surface area contributed by atoms with E-state index in [1.54, 1.807) is 13.8 Å². The van der Waals surface area contributed by atoms with Crippen molar-refractivity contribution < 1.29 is 23.4 Å². The minimum atomic E-state index is -3.81. The Kier molecular flexibility index (Phi) is 5.87. The summed E-state index contributed by atoms with van der Waals surface area (Å²) in [5.74, 6) is -0.982. The molecule has 9 heteroatoms. The molecule has 0 unspecified atom stereocenters. The fourth-order valence-electron chi connectivity index (χ4n) is 1.81. The Bertz CT molecular complexity index is 569. The van der Waals surface area contributed by atoms with Crippen molar-refractivity contribution in [2.45, 2.75) is 50.1 Å². The zero-order chi connectivity index (χ0) is 16.1. The van der Waals surface area contributed by atoms with Crippen LogP contribution in [-0.4, -0.2) is 46.5 Å². The van der Waals surface area contributed by atoms with Gasteiger partial charge in [0.1, 0.15) is 4.90 Å². The third-order valence-corrected chi connectivity index (χ3v) is 5.01. The van der Waals surface area contributed by atoms with Crippen LogP contribution >= 0.6 is 0 Å². The molecular weight excluding hydrogens is 298 g/mol. The van der Waals surface area contributed by atoms with Gasteiger partial charge in [-0.05, 0) is 12.8 Å². The van der Waals surface area contributed by atoms with Crippen LogP contribution in [0.4, 0.5) is 0 Å². The highest BCUT2D eigenvalue weighted by Gasteiger charge is 2.32. The van der Waals surface area contributed by atoms with Gasteiger partial charge >= 0.3 is 5.97 Å². The molecule has 0 aromatic carbocycles. The molecule has 0 aliphatic rings.